The molecule has 0 N–H and O–H groups in total. The van der Waals surface area contributed by atoms with Crippen molar-refractivity contribution in [1.29, 1.82) is 0 Å². The van der Waals surface area contributed by atoms with Crippen LogP contribution in [0.1, 0.15) is 16.7 Å². The number of benzene rings is 2. The predicted molar refractivity (Wildman–Crippen MR) is 71.3 cm³/mol. The summed E-state index contributed by atoms with van der Waals surface area (Å²) in [6, 6.07) is 19.6. The molecule has 0 aliphatic carbocycles. The number of hydrogen-bond donors (Lipinski definition) is 0. The van der Waals surface area contributed by atoms with Gasteiger partial charge in [0.05, 0.1) is 0 Å². The first-order valence-corrected chi connectivity index (χ1v) is 6.06. The van der Waals surface area contributed by atoms with Crippen molar-refractivity contribution in [1.82, 2.24) is 0 Å². The molecule has 0 saturated heterocycles. The van der Waals surface area contributed by atoms with Crippen LogP contribution in [0.15, 0.2) is 54.6 Å². The maximum Gasteiger partial charge on any atom is 0.0284 e. The Morgan fingerprint density at radius 3 is 2.25 bits per heavy atom. The fourth-order valence-electron chi connectivity index (χ4n) is 1.61. The molecule has 16 heavy (non-hydrogen) atoms. The van der Waals surface area contributed by atoms with Crippen LogP contribution in [-0.2, 0) is 6.04 Å². The first-order valence-electron chi connectivity index (χ1n) is 5.36. The van der Waals surface area contributed by atoms with Gasteiger partial charge < -0.3 is 0 Å². The van der Waals surface area contributed by atoms with E-state index in [4.69, 9.17) is 0 Å². The van der Waals surface area contributed by atoms with Gasteiger partial charge in [0.2, 0.25) is 0 Å². The molecule has 77 valence electrons. The van der Waals surface area contributed by atoms with Gasteiger partial charge in [-0.15, -0.1) is 0 Å². The molecule has 0 saturated carbocycles. The Labute approximate surface area is 100 Å². The van der Waals surface area contributed by atoms with E-state index >= 15 is 0 Å². The first-order chi connectivity index (χ1) is 7.90. The summed E-state index contributed by atoms with van der Waals surface area (Å²) in [5.74, 6) is 0. The Balaban J connectivity index is 2.24. The summed E-state index contributed by atoms with van der Waals surface area (Å²) in [5, 5.41) is 0. The Kier molecular flexibility index (Phi) is 3.73. The van der Waals surface area contributed by atoms with E-state index in [1.165, 1.54) is 16.7 Å². The molecule has 0 spiro atoms. The highest BCUT2D eigenvalue weighted by Gasteiger charge is 1.94. The minimum absolute atomic E-state index is 0.884. The van der Waals surface area contributed by atoms with Crippen LogP contribution < -0.4 is 0 Å². The van der Waals surface area contributed by atoms with Crippen molar-refractivity contribution in [3.8, 4) is 0 Å². The summed E-state index contributed by atoms with van der Waals surface area (Å²) in [4.78, 5) is 0. The highest BCUT2D eigenvalue weighted by molar-refractivity contribution is 6.08. The predicted octanol–water partition coefficient (Wildman–Crippen LogP) is 3.53. The highest BCUT2D eigenvalue weighted by atomic mass is 28.1. The zero-order valence-corrected chi connectivity index (χ0v) is 10.1. The Morgan fingerprint density at radius 1 is 0.812 bits per heavy atom. The minimum atomic E-state index is 0.884. The zero-order valence-electron chi connectivity index (χ0n) is 9.06. The fourth-order valence-corrected chi connectivity index (χ4v) is 1.93. The highest BCUT2D eigenvalue weighted by Crippen LogP contribution is 2.12. The second-order valence-electron chi connectivity index (χ2n) is 3.62. The molecule has 2 aromatic rings. The van der Waals surface area contributed by atoms with Crippen molar-refractivity contribution >= 4 is 22.4 Å². The largest absolute Gasteiger partial charge is 0.0622 e. The van der Waals surface area contributed by atoms with Gasteiger partial charge in [0.15, 0.2) is 0 Å². The van der Waals surface area contributed by atoms with Crippen molar-refractivity contribution in [2.75, 3.05) is 0 Å². The van der Waals surface area contributed by atoms with Crippen LogP contribution >= 0.6 is 0 Å². The van der Waals surface area contributed by atoms with Crippen LogP contribution in [0.4, 0.5) is 0 Å². The molecule has 0 nitrogen and oxygen atoms in total. The molecule has 0 atom stereocenters. The Morgan fingerprint density at radius 2 is 1.50 bits per heavy atom. The smallest absolute Gasteiger partial charge is 0.0284 e. The molecule has 2 rings (SSSR count). The zero-order chi connectivity index (χ0) is 11.2. The lowest BCUT2D eigenvalue weighted by Gasteiger charge is -2.01. The molecule has 1 heteroatoms. The molecule has 0 amide bonds. The topological polar surface area (TPSA) is 0 Å². The number of hydrogen-bond acceptors (Lipinski definition) is 0. The summed E-state index contributed by atoms with van der Waals surface area (Å²) in [6.45, 7) is 0. The van der Waals surface area contributed by atoms with E-state index < -0.39 is 0 Å². The second kappa shape index (κ2) is 5.47. The lowest BCUT2D eigenvalue weighted by Crippen LogP contribution is -1.87. The summed E-state index contributed by atoms with van der Waals surface area (Å²) >= 11 is 0. The van der Waals surface area contributed by atoms with Crippen LogP contribution in [0, 0.1) is 0 Å². The molecule has 0 fully saturated rings. The summed E-state index contributed by atoms with van der Waals surface area (Å²) in [5.41, 5.74) is 3.80. The fraction of sp³-hybridized carbons (Fsp3) is 0.0667. The van der Waals surface area contributed by atoms with Gasteiger partial charge in [-0.05, 0) is 22.7 Å². The Bertz CT molecular complexity index is 472. The van der Waals surface area contributed by atoms with Gasteiger partial charge >= 0.3 is 0 Å². The van der Waals surface area contributed by atoms with Crippen LogP contribution in [0.3, 0.4) is 0 Å². The minimum Gasteiger partial charge on any atom is -0.0622 e. The third-order valence-corrected chi connectivity index (χ3v) is 2.88. The number of rotatable bonds is 3. The van der Waals surface area contributed by atoms with E-state index in [2.05, 4.69) is 70.9 Å². The summed E-state index contributed by atoms with van der Waals surface area (Å²) < 4.78 is 0. The molecule has 0 unspecified atom stereocenters. The quantitative estimate of drug-likeness (QED) is 0.549. The van der Waals surface area contributed by atoms with Crippen molar-refractivity contribution in [3.63, 3.8) is 0 Å². The molecule has 2 aromatic carbocycles. The van der Waals surface area contributed by atoms with Gasteiger partial charge in [0, 0.05) is 10.2 Å². The molecule has 0 bridgehead atoms. The third kappa shape index (κ3) is 2.71. The van der Waals surface area contributed by atoms with Gasteiger partial charge in [-0.3, -0.25) is 0 Å². The van der Waals surface area contributed by atoms with E-state index in [1.54, 1.807) is 0 Å². The molecule has 3 radical (unpaired) electrons. The van der Waals surface area contributed by atoms with Gasteiger partial charge in [-0.1, -0.05) is 66.7 Å². The molecule has 0 aliphatic rings. The first kappa shape index (κ1) is 10.9. The van der Waals surface area contributed by atoms with Crippen molar-refractivity contribution in [2.24, 2.45) is 0 Å². The van der Waals surface area contributed by atoms with Crippen LogP contribution in [0.2, 0.25) is 0 Å². The van der Waals surface area contributed by atoms with E-state index in [0.29, 0.717) is 0 Å². The Hall–Kier alpha value is -1.60. The van der Waals surface area contributed by atoms with E-state index in [9.17, 15) is 0 Å². The summed E-state index contributed by atoms with van der Waals surface area (Å²) in [7, 11) is 3.55. The van der Waals surface area contributed by atoms with Gasteiger partial charge in [-0.2, -0.15) is 0 Å². The monoisotopic (exact) mass is 221 g/mol. The van der Waals surface area contributed by atoms with Gasteiger partial charge in [0.25, 0.3) is 0 Å². The standard InChI is InChI=1S/C15H13Si/c16-12-15-9-5-4-8-14(15)11-10-13-6-2-1-3-7-13/h1-11H,12H2. The van der Waals surface area contributed by atoms with Crippen LogP contribution in [0.25, 0.3) is 12.2 Å². The van der Waals surface area contributed by atoms with Gasteiger partial charge in [0.1, 0.15) is 0 Å². The molecule has 0 heterocycles. The third-order valence-electron chi connectivity index (χ3n) is 2.50. The molecular weight excluding hydrogens is 208 g/mol. The van der Waals surface area contributed by atoms with Crippen LogP contribution in [-0.4, -0.2) is 10.2 Å². The van der Waals surface area contributed by atoms with E-state index in [1.807, 2.05) is 6.07 Å². The van der Waals surface area contributed by atoms with Crippen LogP contribution in [0.5, 0.6) is 0 Å². The van der Waals surface area contributed by atoms with E-state index in [-0.39, 0.29) is 0 Å². The van der Waals surface area contributed by atoms with Gasteiger partial charge in [-0.25, -0.2) is 0 Å². The average Bonchev–Trinajstić information content (AvgIpc) is 2.38. The SMILES string of the molecule is [Si]Cc1ccccc1C=Cc1ccccc1. The van der Waals surface area contributed by atoms with Crippen molar-refractivity contribution in [3.05, 3.63) is 71.3 Å². The molecule has 0 aromatic heterocycles. The van der Waals surface area contributed by atoms with E-state index in [0.717, 1.165) is 6.04 Å². The maximum absolute atomic E-state index is 3.55. The summed E-state index contributed by atoms with van der Waals surface area (Å²) in [6.07, 6.45) is 4.30. The average molecular weight is 221 g/mol. The second-order valence-corrected chi connectivity index (χ2v) is 3.97. The van der Waals surface area contributed by atoms with Crippen molar-refractivity contribution in [2.45, 2.75) is 6.04 Å². The van der Waals surface area contributed by atoms with Crippen molar-refractivity contribution < 1.29 is 0 Å². The molecule has 0 aliphatic heterocycles. The lowest BCUT2D eigenvalue weighted by molar-refractivity contribution is 1.38. The normalized spacial score (nSPS) is 10.8. The maximum atomic E-state index is 3.55. The lowest BCUT2D eigenvalue weighted by atomic mass is 10.1. The molecular formula is C15H13Si.